The van der Waals surface area contributed by atoms with E-state index in [1.165, 1.54) is 36.8 Å². The third-order valence-corrected chi connectivity index (χ3v) is 4.44. The van der Waals surface area contributed by atoms with E-state index in [0.717, 1.165) is 0 Å². The zero-order valence-corrected chi connectivity index (χ0v) is 12.2. The van der Waals surface area contributed by atoms with Gasteiger partial charge in [0.1, 0.15) is 6.04 Å². The molecule has 1 atom stereocenters. The topological polar surface area (TPSA) is 112 Å². The summed E-state index contributed by atoms with van der Waals surface area (Å²) in [5.41, 5.74) is 0.515. The van der Waals surface area contributed by atoms with Gasteiger partial charge in [-0.25, -0.2) is 13.4 Å². The van der Waals surface area contributed by atoms with E-state index in [-0.39, 0.29) is 11.3 Å². The van der Waals surface area contributed by atoms with Crippen LogP contribution >= 0.6 is 11.6 Å². The Balaban J connectivity index is 2.19. The average Bonchev–Trinajstić information content (AvgIpc) is 2.91. The maximum absolute atomic E-state index is 12.1. The molecule has 0 saturated heterocycles. The summed E-state index contributed by atoms with van der Waals surface area (Å²) in [5.74, 6) is -1.28. The Hall–Kier alpha value is -1.90. The first-order valence-corrected chi connectivity index (χ1v) is 7.72. The molecule has 2 aromatic rings. The highest BCUT2D eigenvalue weighted by Crippen LogP contribution is 2.14. The fraction of sp³-hybridized carbons (Fsp3) is 0.167. The van der Waals surface area contributed by atoms with Crippen molar-refractivity contribution >= 4 is 27.6 Å². The van der Waals surface area contributed by atoms with Crippen LogP contribution < -0.4 is 4.72 Å². The van der Waals surface area contributed by atoms with Gasteiger partial charge in [0, 0.05) is 23.3 Å². The Morgan fingerprint density at radius 2 is 2.05 bits per heavy atom. The predicted molar refractivity (Wildman–Crippen MR) is 75.5 cm³/mol. The number of hydrogen-bond acceptors (Lipinski definition) is 4. The van der Waals surface area contributed by atoms with Gasteiger partial charge in [-0.15, -0.1) is 0 Å². The summed E-state index contributed by atoms with van der Waals surface area (Å²) in [4.78, 5) is 17.6. The second-order valence-electron chi connectivity index (χ2n) is 4.25. The number of aromatic nitrogens is 2. The number of carbonyl (C=O) groups is 1. The van der Waals surface area contributed by atoms with Crippen LogP contribution in [0.3, 0.4) is 0 Å². The van der Waals surface area contributed by atoms with Gasteiger partial charge >= 0.3 is 5.97 Å². The maximum atomic E-state index is 12.1. The minimum atomic E-state index is -3.95. The highest BCUT2D eigenvalue weighted by atomic mass is 35.5. The van der Waals surface area contributed by atoms with E-state index in [9.17, 15) is 13.2 Å². The van der Waals surface area contributed by atoms with Crippen LogP contribution in [-0.4, -0.2) is 35.5 Å². The van der Waals surface area contributed by atoms with Crippen molar-refractivity contribution < 1.29 is 18.3 Å². The van der Waals surface area contributed by atoms with Crippen LogP contribution in [0.2, 0.25) is 5.02 Å². The quantitative estimate of drug-likeness (QED) is 0.733. The highest BCUT2D eigenvalue weighted by molar-refractivity contribution is 7.89. The number of imidazole rings is 1. The van der Waals surface area contributed by atoms with Crippen LogP contribution in [0.5, 0.6) is 0 Å². The average molecular weight is 330 g/mol. The van der Waals surface area contributed by atoms with Gasteiger partial charge in [0.25, 0.3) is 0 Å². The number of H-pyrrole nitrogens is 1. The normalized spacial score (nSPS) is 13.0. The van der Waals surface area contributed by atoms with Gasteiger partial charge in [0.05, 0.1) is 11.2 Å². The highest BCUT2D eigenvalue weighted by Gasteiger charge is 2.26. The zero-order valence-electron chi connectivity index (χ0n) is 10.7. The Morgan fingerprint density at radius 1 is 1.38 bits per heavy atom. The smallest absolute Gasteiger partial charge is 0.322 e. The van der Waals surface area contributed by atoms with Gasteiger partial charge in [-0.1, -0.05) is 11.6 Å². The second kappa shape index (κ2) is 6.25. The molecule has 21 heavy (non-hydrogen) atoms. The summed E-state index contributed by atoms with van der Waals surface area (Å²) < 4.78 is 26.4. The Bertz CT molecular complexity index is 713. The number of rotatable bonds is 6. The van der Waals surface area contributed by atoms with Crippen LogP contribution in [0.4, 0.5) is 0 Å². The van der Waals surface area contributed by atoms with E-state index in [1.54, 1.807) is 0 Å². The van der Waals surface area contributed by atoms with Gasteiger partial charge in [-0.05, 0) is 24.3 Å². The molecule has 3 N–H and O–H groups in total. The van der Waals surface area contributed by atoms with Crippen LogP contribution in [0, 0.1) is 0 Å². The van der Waals surface area contributed by atoms with E-state index in [1.807, 2.05) is 0 Å². The van der Waals surface area contributed by atoms with Crippen molar-refractivity contribution in [2.45, 2.75) is 17.4 Å². The predicted octanol–water partition coefficient (Wildman–Crippen LogP) is 1.04. The third kappa shape index (κ3) is 4.03. The number of benzene rings is 1. The maximum Gasteiger partial charge on any atom is 0.322 e. The van der Waals surface area contributed by atoms with Gasteiger partial charge in [-0.3, -0.25) is 4.79 Å². The Kier molecular flexibility index (Phi) is 4.61. The van der Waals surface area contributed by atoms with Crippen LogP contribution in [-0.2, 0) is 21.2 Å². The SMILES string of the molecule is O=C(O)C(Cc1cnc[nH]1)NS(=O)(=O)c1ccc(Cl)cc1. The molecule has 0 fully saturated rings. The summed E-state index contributed by atoms with van der Waals surface area (Å²) in [7, 11) is -3.95. The summed E-state index contributed by atoms with van der Waals surface area (Å²) in [6, 6.07) is 4.15. The number of halogens is 1. The fourth-order valence-electron chi connectivity index (χ4n) is 1.66. The van der Waals surface area contributed by atoms with E-state index in [2.05, 4.69) is 14.7 Å². The summed E-state index contributed by atoms with van der Waals surface area (Å²) in [6.45, 7) is 0. The number of aromatic amines is 1. The molecule has 1 aromatic heterocycles. The Labute approximate surface area is 126 Å². The first kappa shape index (κ1) is 15.5. The van der Waals surface area contributed by atoms with Crippen molar-refractivity contribution in [1.82, 2.24) is 14.7 Å². The van der Waals surface area contributed by atoms with Crippen molar-refractivity contribution in [1.29, 1.82) is 0 Å². The molecule has 0 aliphatic heterocycles. The monoisotopic (exact) mass is 329 g/mol. The number of carboxylic acid groups (broad SMARTS) is 1. The lowest BCUT2D eigenvalue weighted by Gasteiger charge is -2.14. The number of nitrogens with zero attached hydrogens (tertiary/aromatic N) is 1. The lowest BCUT2D eigenvalue weighted by atomic mass is 10.2. The molecule has 0 saturated carbocycles. The number of carboxylic acids is 1. The van der Waals surface area contributed by atoms with Gasteiger partial charge in [-0.2, -0.15) is 4.72 Å². The first-order valence-electron chi connectivity index (χ1n) is 5.86. The number of nitrogens with one attached hydrogen (secondary N) is 2. The standard InChI is InChI=1S/C12H12ClN3O4S/c13-8-1-3-10(4-2-8)21(19,20)16-11(12(17)18)5-9-6-14-7-15-9/h1-4,6-7,11,16H,5H2,(H,14,15)(H,17,18). The molecule has 0 aliphatic rings. The van der Waals surface area contributed by atoms with Crippen LogP contribution in [0.25, 0.3) is 0 Å². The molecular formula is C12H12ClN3O4S. The molecule has 1 heterocycles. The van der Waals surface area contributed by atoms with Crippen molar-refractivity contribution in [2.75, 3.05) is 0 Å². The minimum absolute atomic E-state index is 0.0395. The molecule has 112 valence electrons. The van der Waals surface area contributed by atoms with Gasteiger partial charge < -0.3 is 10.1 Å². The largest absolute Gasteiger partial charge is 0.480 e. The van der Waals surface area contributed by atoms with Crippen molar-refractivity contribution in [3.63, 3.8) is 0 Å². The van der Waals surface area contributed by atoms with E-state index < -0.39 is 22.0 Å². The van der Waals surface area contributed by atoms with E-state index in [0.29, 0.717) is 10.7 Å². The fourth-order valence-corrected chi connectivity index (χ4v) is 2.98. The molecule has 1 aromatic carbocycles. The molecular weight excluding hydrogens is 318 g/mol. The molecule has 0 aliphatic carbocycles. The van der Waals surface area contributed by atoms with Crippen molar-refractivity contribution in [3.8, 4) is 0 Å². The van der Waals surface area contributed by atoms with Crippen LogP contribution in [0.15, 0.2) is 41.7 Å². The molecule has 1 unspecified atom stereocenters. The lowest BCUT2D eigenvalue weighted by molar-refractivity contribution is -0.138. The number of sulfonamides is 1. The van der Waals surface area contributed by atoms with E-state index >= 15 is 0 Å². The molecule has 7 nitrogen and oxygen atoms in total. The van der Waals surface area contributed by atoms with E-state index in [4.69, 9.17) is 16.7 Å². The molecule has 0 bridgehead atoms. The summed E-state index contributed by atoms with van der Waals surface area (Å²) in [5, 5.41) is 9.53. The van der Waals surface area contributed by atoms with Crippen molar-refractivity contribution in [3.05, 3.63) is 47.5 Å². The van der Waals surface area contributed by atoms with Crippen LogP contribution in [0.1, 0.15) is 5.69 Å². The third-order valence-electron chi connectivity index (χ3n) is 2.70. The van der Waals surface area contributed by atoms with Gasteiger partial charge in [0.15, 0.2) is 0 Å². The molecule has 0 radical (unpaired) electrons. The van der Waals surface area contributed by atoms with Crippen molar-refractivity contribution in [2.24, 2.45) is 0 Å². The number of hydrogen-bond donors (Lipinski definition) is 3. The van der Waals surface area contributed by atoms with Gasteiger partial charge in [0.2, 0.25) is 10.0 Å². The molecule has 9 heteroatoms. The Morgan fingerprint density at radius 3 is 2.57 bits per heavy atom. The minimum Gasteiger partial charge on any atom is -0.480 e. The molecule has 0 amide bonds. The molecule has 0 spiro atoms. The summed E-state index contributed by atoms with van der Waals surface area (Å²) in [6.07, 6.45) is 2.79. The second-order valence-corrected chi connectivity index (χ2v) is 6.40. The lowest BCUT2D eigenvalue weighted by Crippen LogP contribution is -2.42. The zero-order chi connectivity index (χ0) is 15.5. The molecule has 2 rings (SSSR count). The summed E-state index contributed by atoms with van der Waals surface area (Å²) >= 11 is 5.69. The number of aliphatic carboxylic acids is 1. The first-order chi connectivity index (χ1) is 9.88.